The van der Waals surface area contributed by atoms with Crippen LogP contribution in [0.1, 0.15) is 16.1 Å². The predicted molar refractivity (Wildman–Crippen MR) is 134 cm³/mol. The Morgan fingerprint density at radius 1 is 0.912 bits per heavy atom. The molecule has 0 aliphatic carbocycles. The Labute approximate surface area is 196 Å². The minimum absolute atomic E-state index is 0.278. The van der Waals surface area contributed by atoms with E-state index in [-0.39, 0.29) is 5.69 Å². The maximum atomic E-state index is 12.7. The first kappa shape index (κ1) is 21.2. The number of hydrogen-bond donors (Lipinski definition) is 2. The summed E-state index contributed by atoms with van der Waals surface area (Å²) in [5.41, 5.74) is 5.09. The maximum Gasteiger partial charge on any atom is 0.289 e. The number of carbonyl (C=O) groups is 1. The SMILES string of the molecule is COc1ccc(OC)c(-c2cc(C(=O)NN=Cc3c4ccccc4cc4ccccc34)[nH]n2)c1. The van der Waals surface area contributed by atoms with Crippen molar-refractivity contribution in [1.82, 2.24) is 15.6 Å². The van der Waals surface area contributed by atoms with Gasteiger partial charge in [-0.25, -0.2) is 5.43 Å². The van der Waals surface area contributed by atoms with Crippen LogP contribution in [0.15, 0.2) is 84.0 Å². The summed E-state index contributed by atoms with van der Waals surface area (Å²) in [4.78, 5) is 12.7. The number of aromatic amines is 1. The van der Waals surface area contributed by atoms with Crippen LogP contribution in [-0.2, 0) is 0 Å². The van der Waals surface area contributed by atoms with Gasteiger partial charge in [0.05, 0.1) is 26.1 Å². The predicted octanol–water partition coefficient (Wildman–Crippen LogP) is 5.16. The molecule has 5 aromatic rings. The number of ether oxygens (including phenoxy) is 2. The fourth-order valence-electron chi connectivity index (χ4n) is 3.99. The summed E-state index contributed by atoms with van der Waals surface area (Å²) in [6, 6.07) is 25.4. The molecule has 0 saturated carbocycles. The largest absolute Gasteiger partial charge is 0.497 e. The van der Waals surface area contributed by atoms with Crippen molar-refractivity contribution in [3.8, 4) is 22.8 Å². The van der Waals surface area contributed by atoms with E-state index in [1.807, 2.05) is 36.4 Å². The van der Waals surface area contributed by atoms with Crippen LogP contribution in [0, 0.1) is 0 Å². The highest BCUT2D eigenvalue weighted by Crippen LogP contribution is 2.32. The second-order valence-electron chi connectivity index (χ2n) is 7.66. The van der Waals surface area contributed by atoms with E-state index in [9.17, 15) is 4.79 Å². The number of H-pyrrole nitrogens is 1. The van der Waals surface area contributed by atoms with E-state index < -0.39 is 5.91 Å². The van der Waals surface area contributed by atoms with Gasteiger partial charge in [0.1, 0.15) is 17.2 Å². The number of aromatic nitrogens is 2. The molecule has 1 amide bonds. The molecular formula is C27H22N4O3. The summed E-state index contributed by atoms with van der Waals surface area (Å²) >= 11 is 0. The van der Waals surface area contributed by atoms with Crippen LogP contribution in [-0.4, -0.2) is 36.5 Å². The third-order valence-corrected chi connectivity index (χ3v) is 5.68. The lowest BCUT2D eigenvalue weighted by atomic mass is 9.97. The smallest absolute Gasteiger partial charge is 0.289 e. The molecule has 5 rings (SSSR count). The van der Waals surface area contributed by atoms with Crippen molar-refractivity contribution in [1.29, 1.82) is 0 Å². The molecule has 4 aromatic carbocycles. The van der Waals surface area contributed by atoms with Crippen LogP contribution >= 0.6 is 0 Å². The monoisotopic (exact) mass is 450 g/mol. The number of nitrogens with zero attached hydrogens (tertiary/aromatic N) is 2. The van der Waals surface area contributed by atoms with Gasteiger partial charge in [0, 0.05) is 11.1 Å². The molecule has 0 spiro atoms. The average molecular weight is 450 g/mol. The fraction of sp³-hybridized carbons (Fsp3) is 0.0741. The Bertz CT molecular complexity index is 1480. The number of methoxy groups -OCH3 is 2. The van der Waals surface area contributed by atoms with Gasteiger partial charge in [0.15, 0.2) is 0 Å². The minimum Gasteiger partial charge on any atom is -0.497 e. The van der Waals surface area contributed by atoms with Gasteiger partial charge in [-0.2, -0.15) is 10.2 Å². The van der Waals surface area contributed by atoms with Crippen molar-refractivity contribution < 1.29 is 14.3 Å². The number of hydrogen-bond acceptors (Lipinski definition) is 5. The lowest BCUT2D eigenvalue weighted by Gasteiger charge is -2.08. The van der Waals surface area contributed by atoms with Crippen LogP contribution in [0.5, 0.6) is 11.5 Å². The van der Waals surface area contributed by atoms with E-state index in [1.54, 1.807) is 44.7 Å². The van der Waals surface area contributed by atoms with Gasteiger partial charge in [-0.15, -0.1) is 0 Å². The molecule has 7 heteroatoms. The molecule has 0 aliphatic rings. The number of rotatable bonds is 6. The number of amides is 1. The van der Waals surface area contributed by atoms with Crippen molar-refractivity contribution in [3.63, 3.8) is 0 Å². The standard InChI is InChI=1S/C27H22N4O3/c1-33-19-11-12-26(34-2)22(14-19)24-15-25(30-29-24)27(32)31-28-16-23-20-9-5-3-7-17(20)13-18-8-4-6-10-21(18)23/h3-16H,1-2H3,(H,29,30)(H,31,32). The zero-order valence-electron chi connectivity index (χ0n) is 18.7. The molecule has 0 unspecified atom stereocenters. The molecule has 0 saturated heterocycles. The maximum absolute atomic E-state index is 12.7. The van der Waals surface area contributed by atoms with Crippen molar-refractivity contribution in [2.24, 2.45) is 5.10 Å². The van der Waals surface area contributed by atoms with Crippen LogP contribution in [0.25, 0.3) is 32.8 Å². The first-order valence-corrected chi connectivity index (χ1v) is 10.7. The molecule has 0 aliphatic heterocycles. The van der Waals surface area contributed by atoms with Gasteiger partial charge < -0.3 is 9.47 Å². The van der Waals surface area contributed by atoms with Crippen LogP contribution in [0.4, 0.5) is 0 Å². The fourth-order valence-corrected chi connectivity index (χ4v) is 3.99. The Morgan fingerprint density at radius 2 is 1.62 bits per heavy atom. The van der Waals surface area contributed by atoms with Crippen molar-refractivity contribution in [3.05, 3.63) is 90.1 Å². The Balaban J connectivity index is 1.42. The summed E-state index contributed by atoms with van der Waals surface area (Å²) in [5.74, 6) is 0.887. The molecule has 168 valence electrons. The van der Waals surface area contributed by atoms with Gasteiger partial charge in [-0.05, 0) is 51.9 Å². The average Bonchev–Trinajstić information content (AvgIpc) is 3.38. The Kier molecular flexibility index (Phi) is 5.66. The van der Waals surface area contributed by atoms with Gasteiger partial charge in [-0.1, -0.05) is 48.5 Å². The Hall–Kier alpha value is -4.65. The van der Waals surface area contributed by atoms with Gasteiger partial charge >= 0.3 is 0 Å². The third-order valence-electron chi connectivity index (χ3n) is 5.68. The Morgan fingerprint density at radius 3 is 2.29 bits per heavy atom. The van der Waals surface area contributed by atoms with E-state index >= 15 is 0 Å². The quantitative estimate of drug-likeness (QED) is 0.212. The summed E-state index contributed by atoms with van der Waals surface area (Å²) in [6.45, 7) is 0. The van der Waals surface area contributed by atoms with Crippen LogP contribution in [0.2, 0.25) is 0 Å². The number of carbonyl (C=O) groups excluding carboxylic acids is 1. The molecule has 0 atom stereocenters. The second-order valence-corrected chi connectivity index (χ2v) is 7.66. The molecule has 1 heterocycles. The normalized spacial score (nSPS) is 11.2. The second kappa shape index (κ2) is 9.07. The van der Waals surface area contributed by atoms with Gasteiger partial charge in [0.2, 0.25) is 0 Å². The molecule has 7 nitrogen and oxygen atoms in total. The first-order valence-electron chi connectivity index (χ1n) is 10.7. The highest BCUT2D eigenvalue weighted by Gasteiger charge is 2.15. The molecule has 0 fully saturated rings. The van der Waals surface area contributed by atoms with E-state index in [1.165, 1.54) is 0 Å². The lowest BCUT2D eigenvalue weighted by molar-refractivity contribution is 0.0950. The van der Waals surface area contributed by atoms with Gasteiger partial charge in [-0.3, -0.25) is 9.89 Å². The summed E-state index contributed by atoms with van der Waals surface area (Å²) in [7, 11) is 3.17. The molecule has 34 heavy (non-hydrogen) atoms. The molecule has 2 N–H and O–H groups in total. The highest BCUT2D eigenvalue weighted by molar-refractivity contribution is 6.13. The van der Waals surface area contributed by atoms with Crippen molar-refractivity contribution in [2.75, 3.05) is 14.2 Å². The molecule has 0 radical (unpaired) electrons. The zero-order valence-corrected chi connectivity index (χ0v) is 18.7. The topological polar surface area (TPSA) is 88.6 Å². The van der Waals surface area contributed by atoms with Crippen LogP contribution in [0.3, 0.4) is 0 Å². The van der Waals surface area contributed by atoms with E-state index in [0.717, 1.165) is 27.1 Å². The summed E-state index contributed by atoms with van der Waals surface area (Å²) < 4.78 is 10.7. The van der Waals surface area contributed by atoms with E-state index in [0.29, 0.717) is 22.8 Å². The van der Waals surface area contributed by atoms with E-state index in [2.05, 4.69) is 38.9 Å². The van der Waals surface area contributed by atoms with E-state index in [4.69, 9.17) is 9.47 Å². The summed E-state index contributed by atoms with van der Waals surface area (Å²) in [5, 5.41) is 15.6. The number of nitrogens with one attached hydrogen (secondary N) is 2. The highest BCUT2D eigenvalue weighted by atomic mass is 16.5. The minimum atomic E-state index is -0.401. The number of hydrazone groups is 1. The van der Waals surface area contributed by atoms with Gasteiger partial charge in [0.25, 0.3) is 5.91 Å². The molecular weight excluding hydrogens is 428 g/mol. The zero-order chi connectivity index (χ0) is 23.5. The molecule has 1 aromatic heterocycles. The van der Waals surface area contributed by atoms with Crippen molar-refractivity contribution >= 4 is 33.7 Å². The lowest BCUT2D eigenvalue weighted by Crippen LogP contribution is -2.18. The number of benzene rings is 4. The van der Waals surface area contributed by atoms with Crippen LogP contribution < -0.4 is 14.9 Å². The first-order chi connectivity index (χ1) is 16.7. The number of fused-ring (bicyclic) bond motifs is 2. The third kappa shape index (κ3) is 3.95. The molecule has 0 bridgehead atoms. The summed E-state index contributed by atoms with van der Waals surface area (Å²) in [6.07, 6.45) is 1.69. The van der Waals surface area contributed by atoms with Crippen molar-refractivity contribution in [2.45, 2.75) is 0 Å².